The quantitative estimate of drug-likeness (QED) is 0.758. The summed E-state index contributed by atoms with van der Waals surface area (Å²) in [5, 5.41) is 0. The lowest BCUT2D eigenvalue weighted by Gasteiger charge is -2.25. The van der Waals surface area contributed by atoms with E-state index in [-0.39, 0.29) is 6.10 Å². The molecule has 0 aromatic rings. The molecule has 2 N–H and O–H groups in total. The van der Waals surface area contributed by atoms with E-state index in [1.807, 2.05) is 0 Å². The van der Waals surface area contributed by atoms with E-state index in [1.165, 1.54) is 0 Å². The normalized spacial score (nSPS) is 22.8. The van der Waals surface area contributed by atoms with Gasteiger partial charge in [-0.2, -0.15) is 0 Å². The second kappa shape index (κ2) is 6.74. The molecule has 92 valence electrons. The lowest BCUT2D eigenvalue weighted by Crippen LogP contribution is -2.27. The molecule has 1 aliphatic carbocycles. The molecule has 16 heavy (non-hydrogen) atoms. The fourth-order valence-electron chi connectivity index (χ4n) is 2.20. The molecule has 0 aliphatic heterocycles. The summed E-state index contributed by atoms with van der Waals surface area (Å²) < 4.78 is 4.97. The van der Waals surface area contributed by atoms with Gasteiger partial charge in [0.1, 0.15) is 11.9 Å². The van der Waals surface area contributed by atoms with Crippen LogP contribution in [0.15, 0.2) is 0 Å². The van der Waals surface area contributed by atoms with Crippen molar-refractivity contribution in [3.8, 4) is 0 Å². The largest absolute Gasteiger partial charge is 0.446 e. The number of alkyl halides is 1. The summed E-state index contributed by atoms with van der Waals surface area (Å²) in [6, 6.07) is 0. The van der Waals surface area contributed by atoms with Crippen LogP contribution in [0.5, 0.6) is 0 Å². The van der Waals surface area contributed by atoms with Crippen LogP contribution >= 0.6 is 11.6 Å². The van der Waals surface area contributed by atoms with E-state index < -0.39 is 6.09 Å². The molecule has 1 aliphatic rings. The molecule has 0 spiro atoms. The minimum atomic E-state index is -0.766. The summed E-state index contributed by atoms with van der Waals surface area (Å²) >= 11 is 5.63. The number of ketones is 1. The SMILES string of the molecule is NC(=O)OC(CCCl)CC1CCCC(=O)C1. The monoisotopic (exact) mass is 247 g/mol. The molecule has 1 rings (SSSR count). The van der Waals surface area contributed by atoms with Crippen molar-refractivity contribution < 1.29 is 14.3 Å². The summed E-state index contributed by atoms with van der Waals surface area (Å²) in [5.41, 5.74) is 4.98. The van der Waals surface area contributed by atoms with Crippen molar-refractivity contribution in [2.45, 2.75) is 44.6 Å². The van der Waals surface area contributed by atoms with Crippen molar-refractivity contribution in [3.63, 3.8) is 0 Å². The average molecular weight is 248 g/mol. The van der Waals surface area contributed by atoms with Crippen LogP contribution in [-0.2, 0) is 9.53 Å². The van der Waals surface area contributed by atoms with Crippen LogP contribution < -0.4 is 5.73 Å². The maximum absolute atomic E-state index is 11.3. The Morgan fingerprint density at radius 1 is 1.62 bits per heavy atom. The first-order valence-corrected chi connectivity index (χ1v) is 6.19. The van der Waals surface area contributed by atoms with Gasteiger partial charge in [-0.25, -0.2) is 4.79 Å². The van der Waals surface area contributed by atoms with Crippen LogP contribution in [0.4, 0.5) is 4.79 Å². The molecule has 0 saturated heterocycles. The third-order valence-electron chi connectivity index (χ3n) is 2.89. The highest BCUT2D eigenvalue weighted by atomic mass is 35.5. The summed E-state index contributed by atoms with van der Waals surface area (Å²) in [4.78, 5) is 22.0. The zero-order chi connectivity index (χ0) is 12.0. The Hall–Kier alpha value is -0.770. The minimum absolute atomic E-state index is 0.245. The van der Waals surface area contributed by atoms with E-state index >= 15 is 0 Å². The van der Waals surface area contributed by atoms with Crippen LogP contribution in [0.25, 0.3) is 0 Å². The lowest BCUT2D eigenvalue weighted by molar-refractivity contribution is -0.121. The third kappa shape index (κ3) is 4.84. The molecule has 0 aromatic carbocycles. The van der Waals surface area contributed by atoms with E-state index in [1.54, 1.807) is 0 Å². The van der Waals surface area contributed by atoms with Gasteiger partial charge in [-0.05, 0) is 31.6 Å². The standard InChI is InChI=1S/C11H18ClNO3/c12-5-4-10(16-11(13)15)7-8-2-1-3-9(14)6-8/h8,10H,1-7H2,(H2,13,15). The number of amides is 1. The summed E-state index contributed by atoms with van der Waals surface area (Å²) in [6.45, 7) is 0. The highest BCUT2D eigenvalue weighted by Gasteiger charge is 2.24. The zero-order valence-electron chi connectivity index (χ0n) is 9.28. The molecule has 1 saturated carbocycles. The van der Waals surface area contributed by atoms with E-state index in [4.69, 9.17) is 22.1 Å². The number of ether oxygens (including phenoxy) is 1. The predicted molar refractivity (Wildman–Crippen MR) is 61.4 cm³/mol. The number of hydrogen-bond donors (Lipinski definition) is 1. The molecule has 1 fully saturated rings. The Morgan fingerprint density at radius 3 is 2.94 bits per heavy atom. The average Bonchev–Trinajstić information content (AvgIpc) is 2.16. The van der Waals surface area contributed by atoms with Crippen molar-refractivity contribution in [1.82, 2.24) is 0 Å². The molecule has 2 atom stereocenters. The van der Waals surface area contributed by atoms with Gasteiger partial charge in [0.15, 0.2) is 0 Å². The topological polar surface area (TPSA) is 69.4 Å². The van der Waals surface area contributed by atoms with E-state index in [0.29, 0.717) is 43.3 Å². The van der Waals surface area contributed by atoms with Gasteiger partial charge in [0.05, 0.1) is 0 Å². The van der Waals surface area contributed by atoms with Gasteiger partial charge in [0.25, 0.3) is 0 Å². The second-order valence-electron chi connectivity index (χ2n) is 4.27. The molecule has 0 aromatic heterocycles. The molecule has 4 nitrogen and oxygen atoms in total. The predicted octanol–water partition coefficient (Wildman–Crippen LogP) is 2.23. The summed E-state index contributed by atoms with van der Waals surface area (Å²) in [6.07, 6.45) is 3.52. The van der Waals surface area contributed by atoms with E-state index in [2.05, 4.69) is 0 Å². The van der Waals surface area contributed by atoms with Crippen LogP contribution in [0, 0.1) is 5.92 Å². The number of nitrogens with two attached hydrogens (primary N) is 1. The van der Waals surface area contributed by atoms with E-state index in [9.17, 15) is 9.59 Å². The molecule has 2 unspecified atom stereocenters. The number of halogens is 1. The second-order valence-corrected chi connectivity index (χ2v) is 4.65. The molecule has 0 radical (unpaired) electrons. The molecule has 0 heterocycles. The minimum Gasteiger partial charge on any atom is -0.446 e. The fourth-order valence-corrected chi connectivity index (χ4v) is 2.44. The highest BCUT2D eigenvalue weighted by Crippen LogP contribution is 2.27. The Balaban J connectivity index is 2.40. The van der Waals surface area contributed by atoms with Crippen molar-refractivity contribution in [2.75, 3.05) is 5.88 Å². The van der Waals surface area contributed by atoms with Crippen LogP contribution in [0.2, 0.25) is 0 Å². The lowest BCUT2D eigenvalue weighted by atomic mass is 9.84. The Labute approximate surface area is 100 Å². The first-order chi connectivity index (χ1) is 7.61. The number of carbonyl (C=O) groups excluding carboxylic acids is 2. The molecular formula is C11H18ClNO3. The number of carbonyl (C=O) groups is 2. The van der Waals surface area contributed by atoms with Crippen LogP contribution in [0.1, 0.15) is 38.5 Å². The maximum Gasteiger partial charge on any atom is 0.404 e. The molecule has 1 amide bonds. The van der Waals surface area contributed by atoms with Gasteiger partial charge in [0, 0.05) is 18.7 Å². The van der Waals surface area contributed by atoms with Gasteiger partial charge >= 0.3 is 6.09 Å². The van der Waals surface area contributed by atoms with Crippen molar-refractivity contribution in [2.24, 2.45) is 11.7 Å². The Morgan fingerprint density at radius 2 is 2.38 bits per heavy atom. The summed E-state index contributed by atoms with van der Waals surface area (Å²) in [7, 11) is 0. The Kier molecular flexibility index (Phi) is 5.60. The molecular weight excluding hydrogens is 230 g/mol. The fraction of sp³-hybridized carbons (Fsp3) is 0.818. The maximum atomic E-state index is 11.3. The number of primary amides is 1. The van der Waals surface area contributed by atoms with Crippen LogP contribution in [-0.4, -0.2) is 23.9 Å². The molecule has 0 bridgehead atoms. The van der Waals surface area contributed by atoms with Crippen molar-refractivity contribution >= 4 is 23.5 Å². The number of Topliss-reactive ketones (excluding diaryl/α,β-unsaturated/α-hetero) is 1. The highest BCUT2D eigenvalue weighted by molar-refractivity contribution is 6.17. The Bertz CT molecular complexity index is 258. The first-order valence-electron chi connectivity index (χ1n) is 5.65. The third-order valence-corrected chi connectivity index (χ3v) is 3.11. The van der Waals surface area contributed by atoms with Gasteiger partial charge < -0.3 is 10.5 Å². The molecule has 5 heteroatoms. The van der Waals surface area contributed by atoms with Gasteiger partial charge in [0.2, 0.25) is 0 Å². The van der Waals surface area contributed by atoms with Crippen LogP contribution in [0.3, 0.4) is 0 Å². The first kappa shape index (κ1) is 13.3. The van der Waals surface area contributed by atoms with Gasteiger partial charge in [-0.15, -0.1) is 11.6 Å². The number of rotatable bonds is 5. The van der Waals surface area contributed by atoms with Gasteiger partial charge in [-0.3, -0.25) is 4.79 Å². The summed E-state index contributed by atoms with van der Waals surface area (Å²) in [5.74, 6) is 1.05. The van der Waals surface area contributed by atoms with Crippen molar-refractivity contribution in [1.29, 1.82) is 0 Å². The van der Waals surface area contributed by atoms with Crippen molar-refractivity contribution in [3.05, 3.63) is 0 Å². The smallest absolute Gasteiger partial charge is 0.404 e. The number of hydrogen-bond acceptors (Lipinski definition) is 3. The zero-order valence-corrected chi connectivity index (χ0v) is 10.0. The van der Waals surface area contributed by atoms with E-state index in [0.717, 1.165) is 12.8 Å². The van der Waals surface area contributed by atoms with Gasteiger partial charge in [-0.1, -0.05) is 0 Å².